The first-order valence-corrected chi connectivity index (χ1v) is 5.14. The van der Waals surface area contributed by atoms with Crippen LogP contribution in [0.15, 0.2) is 0 Å². The highest BCUT2D eigenvalue weighted by atomic mass is 32.1. The van der Waals surface area contributed by atoms with E-state index in [1.165, 1.54) is 16.2 Å². The second-order valence-electron chi connectivity index (χ2n) is 2.80. The number of hydrogen-bond acceptors (Lipinski definition) is 6. The molecule has 1 amide bonds. The summed E-state index contributed by atoms with van der Waals surface area (Å²) in [6.45, 7) is 0.407. The van der Waals surface area contributed by atoms with Crippen LogP contribution >= 0.6 is 11.3 Å². The Kier molecular flexibility index (Phi) is 4.00. The lowest BCUT2D eigenvalue weighted by Crippen LogP contribution is -2.27. The van der Waals surface area contributed by atoms with E-state index < -0.39 is 0 Å². The molecular formula is C8H11N5OS. The minimum Gasteiger partial charge on any atom is -0.363 e. The minimum atomic E-state index is -0.204. The number of anilines is 1. The molecule has 0 saturated carbocycles. The summed E-state index contributed by atoms with van der Waals surface area (Å²) in [7, 11) is 3.36. The normalized spacial score (nSPS) is 9.40. The highest BCUT2D eigenvalue weighted by molar-refractivity contribution is 7.17. The Balaban J connectivity index is 2.64. The SMILES string of the molecule is CNc1nnc(C(=O)N(C)CCC#N)s1. The molecule has 0 aliphatic rings. The van der Waals surface area contributed by atoms with Crippen LogP contribution in [-0.2, 0) is 0 Å². The van der Waals surface area contributed by atoms with Crippen molar-refractivity contribution in [2.24, 2.45) is 0 Å². The third-order valence-electron chi connectivity index (χ3n) is 1.73. The van der Waals surface area contributed by atoms with Crippen LogP contribution in [0.5, 0.6) is 0 Å². The summed E-state index contributed by atoms with van der Waals surface area (Å²) in [5.74, 6) is -0.204. The predicted molar refractivity (Wildman–Crippen MR) is 56.6 cm³/mol. The van der Waals surface area contributed by atoms with Gasteiger partial charge in [-0.3, -0.25) is 4.79 Å². The molecule has 0 atom stereocenters. The zero-order valence-electron chi connectivity index (χ0n) is 8.52. The molecular weight excluding hydrogens is 214 g/mol. The van der Waals surface area contributed by atoms with E-state index in [-0.39, 0.29) is 5.91 Å². The Bertz CT molecular complexity index is 383. The quantitative estimate of drug-likeness (QED) is 0.809. The lowest BCUT2D eigenvalue weighted by atomic mass is 10.4. The van der Waals surface area contributed by atoms with E-state index in [1.807, 2.05) is 6.07 Å². The zero-order valence-corrected chi connectivity index (χ0v) is 9.34. The first-order valence-electron chi connectivity index (χ1n) is 4.32. The fourth-order valence-corrected chi connectivity index (χ4v) is 1.58. The Morgan fingerprint density at radius 1 is 1.67 bits per heavy atom. The average molecular weight is 225 g/mol. The zero-order chi connectivity index (χ0) is 11.3. The van der Waals surface area contributed by atoms with Crippen LogP contribution in [0.25, 0.3) is 0 Å². The van der Waals surface area contributed by atoms with E-state index in [9.17, 15) is 4.79 Å². The van der Waals surface area contributed by atoms with Gasteiger partial charge in [0, 0.05) is 20.6 Å². The summed E-state index contributed by atoms with van der Waals surface area (Å²) >= 11 is 1.20. The van der Waals surface area contributed by atoms with Gasteiger partial charge in [0.2, 0.25) is 10.1 Å². The molecule has 80 valence electrons. The number of carbonyl (C=O) groups excluding carboxylic acids is 1. The molecule has 0 unspecified atom stereocenters. The van der Waals surface area contributed by atoms with Gasteiger partial charge in [0.15, 0.2) is 0 Å². The van der Waals surface area contributed by atoms with E-state index in [0.717, 1.165) is 0 Å². The molecule has 0 saturated heterocycles. The number of amides is 1. The van der Waals surface area contributed by atoms with Crippen LogP contribution in [0.1, 0.15) is 16.2 Å². The summed E-state index contributed by atoms with van der Waals surface area (Å²) in [5, 5.41) is 19.6. The van der Waals surface area contributed by atoms with Crippen LogP contribution in [-0.4, -0.2) is 41.6 Å². The van der Waals surface area contributed by atoms with Gasteiger partial charge in [-0.2, -0.15) is 5.26 Å². The number of carbonyl (C=O) groups is 1. The van der Waals surface area contributed by atoms with Gasteiger partial charge < -0.3 is 10.2 Å². The maximum absolute atomic E-state index is 11.7. The van der Waals surface area contributed by atoms with Crippen LogP contribution in [0.2, 0.25) is 0 Å². The second kappa shape index (κ2) is 5.26. The summed E-state index contributed by atoms with van der Waals surface area (Å²) in [6.07, 6.45) is 0.319. The smallest absolute Gasteiger partial charge is 0.284 e. The molecule has 0 aromatic carbocycles. The number of nitrogens with one attached hydrogen (secondary N) is 1. The van der Waals surface area contributed by atoms with Crippen LogP contribution in [0, 0.1) is 11.3 Å². The number of nitrogens with zero attached hydrogens (tertiary/aromatic N) is 4. The van der Waals surface area contributed by atoms with Crippen molar-refractivity contribution in [3.8, 4) is 6.07 Å². The lowest BCUT2D eigenvalue weighted by Gasteiger charge is -2.12. The van der Waals surface area contributed by atoms with Gasteiger partial charge in [0.1, 0.15) is 0 Å². The van der Waals surface area contributed by atoms with E-state index in [1.54, 1.807) is 14.1 Å². The first-order chi connectivity index (χ1) is 7.19. The van der Waals surface area contributed by atoms with Crippen LogP contribution < -0.4 is 5.32 Å². The highest BCUT2D eigenvalue weighted by Gasteiger charge is 2.16. The first kappa shape index (κ1) is 11.4. The highest BCUT2D eigenvalue weighted by Crippen LogP contribution is 2.15. The van der Waals surface area contributed by atoms with Gasteiger partial charge in [-0.25, -0.2) is 0 Å². The van der Waals surface area contributed by atoms with Gasteiger partial charge in [-0.15, -0.1) is 10.2 Å². The van der Waals surface area contributed by atoms with Gasteiger partial charge in [-0.05, 0) is 0 Å². The molecule has 1 rings (SSSR count). The molecule has 1 aromatic heterocycles. The maximum Gasteiger partial charge on any atom is 0.284 e. The number of hydrogen-bond donors (Lipinski definition) is 1. The van der Waals surface area contributed by atoms with Crippen molar-refractivity contribution in [1.29, 1.82) is 5.26 Å². The largest absolute Gasteiger partial charge is 0.363 e. The monoisotopic (exact) mass is 225 g/mol. The topological polar surface area (TPSA) is 81.9 Å². The predicted octanol–water partition coefficient (Wildman–Crippen LogP) is 0.565. The molecule has 15 heavy (non-hydrogen) atoms. The third-order valence-corrected chi connectivity index (χ3v) is 2.66. The minimum absolute atomic E-state index is 0.204. The van der Waals surface area contributed by atoms with E-state index in [2.05, 4.69) is 15.5 Å². The number of nitriles is 1. The molecule has 1 heterocycles. The van der Waals surface area contributed by atoms with E-state index in [0.29, 0.717) is 23.1 Å². The Morgan fingerprint density at radius 2 is 2.40 bits per heavy atom. The van der Waals surface area contributed by atoms with Crippen LogP contribution in [0.4, 0.5) is 5.13 Å². The third kappa shape index (κ3) is 2.89. The molecule has 0 aliphatic heterocycles. The maximum atomic E-state index is 11.7. The summed E-state index contributed by atoms with van der Waals surface area (Å²) in [4.78, 5) is 13.1. The van der Waals surface area contributed by atoms with Crippen molar-refractivity contribution in [3.05, 3.63) is 5.01 Å². The Labute approximate surface area is 91.5 Å². The average Bonchev–Trinajstić information content (AvgIpc) is 2.73. The second-order valence-corrected chi connectivity index (χ2v) is 3.77. The van der Waals surface area contributed by atoms with Crippen LogP contribution in [0.3, 0.4) is 0 Å². The Morgan fingerprint density at radius 3 is 2.93 bits per heavy atom. The standard InChI is InChI=1S/C8H11N5OS/c1-10-8-12-11-6(15-8)7(14)13(2)5-3-4-9/h3,5H2,1-2H3,(H,10,12). The molecule has 0 spiro atoms. The molecule has 7 heteroatoms. The van der Waals surface area contributed by atoms with Crippen molar-refractivity contribution in [2.45, 2.75) is 6.42 Å². The van der Waals surface area contributed by atoms with Crippen molar-refractivity contribution < 1.29 is 4.79 Å². The molecule has 0 fully saturated rings. The van der Waals surface area contributed by atoms with Crippen molar-refractivity contribution in [1.82, 2.24) is 15.1 Å². The molecule has 0 aliphatic carbocycles. The van der Waals surface area contributed by atoms with Gasteiger partial charge >= 0.3 is 0 Å². The lowest BCUT2D eigenvalue weighted by molar-refractivity contribution is 0.0797. The molecule has 6 nitrogen and oxygen atoms in total. The van der Waals surface area contributed by atoms with Gasteiger partial charge in [0.25, 0.3) is 5.91 Å². The van der Waals surface area contributed by atoms with Gasteiger partial charge in [0.05, 0.1) is 12.5 Å². The van der Waals surface area contributed by atoms with Gasteiger partial charge in [-0.1, -0.05) is 11.3 Å². The fourth-order valence-electron chi connectivity index (χ4n) is 0.893. The van der Waals surface area contributed by atoms with Crippen molar-refractivity contribution >= 4 is 22.4 Å². The van der Waals surface area contributed by atoms with E-state index in [4.69, 9.17) is 5.26 Å². The fraction of sp³-hybridized carbons (Fsp3) is 0.500. The molecule has 0 radical (unpaired) electrons. The molecule has 1 aromatic rings. The van der Waals surface area contributed by atoms with Crippen molar-refractivity contribution in [3.63, 3.8) is 0 Å². The summed E-state index contributed by atoms with van der Waals surface area (Å²) < 4.78 is 0. The number of aromatic nitrogens is 2. The summed E-state index contributed by atoms with van der Waals surface area (Å²) in [6, 6.07) is 1.98. The molecule has 0 bridgehead atoms. The van der Waals surface area contributed by atoms with E-state index >= 15 is 0 Å². The number of rotatable bonds is 4. The Hall–Kier alpha value is -1.68. The van der Waals surface area contributed by atoms with Crippen molar-refractivity contribution in [2.75, 3.05) is 26.0 Å². The summed E-state index contributed by atoms with van der Waals surface area (Å²) in [5.41, 5.74) is 0. The molecule has 1 N–H and O–H groups in total.